The molecule has 6 nitrogen and oxygen atoms in total. The molecule has 0 saturated heterocycles. The van der Waals surface area contributed by atoms with Crippen molar-refractivity contribution in [2.45, 2.75) is 46.1 Å². The lowest BCUT2D eigenvalue weighted by Crippen LogP contribution is -2.33. The second kappa shape index (κ2) is 6.74. The van der Waals surface area contributed by atoms with Gasteiger partial charge >= 0.3 is 0 Å². The first-order chi connectivity index (χ1) is 9.99. The number of rotatable bonds is 5. The van der Waals surface area contributed by atoms with E-state index in [4.69, 9.17) is 0 Å². The minimum absolute atomic E-state index is 0.0697. The molecule has 1 aliphatic carbocycles. The van der Waals surface area contributed by atoms with Gasteiger partial charge in [0.15, 0.2) is 0 Å². The number of nitrogens with one attached hydrogen (secondary N) is 2. The molecule has 116 valence electrons. The first kappa shape index (κ1) is 15.5. The summed E-state index contributed by atoms with van der Waals surface area (Å²) in [6.45, 7) is 7.14. The van der Waals surface area contributed by atoms with E-state index in [0.29, 0.717) is 30.1 Å². The van der Waals surface area contributed by atoms with Gasteiger partial charge in [-0.3, -0.25) is 10.1 Å². The van der Waals surface area contributed by atoms with E-state index in [1.807, 2.05) is 6.92 Å². The van der Waals surface area contributed by atoms with Gasteiger partial charge in [-0.15, -0.1) is 0 Å². The van der Waals surface area contributed by atoms with Crippen LogP contribution in [0.4, 0.5) is 17.3 Å². The van der Waals surface area contributed by atoms with Gasteiger partial charge in [-0.2, -0.15) is 0 Å². The Hall–Kier alpha value is -1.85. The fraction of sp³-hybridized carbons (Fsp3) is 0.667. The molecule has 0 aliphatic heterocycles. The largest absolute Gasteiger partial charge is 0.370 e. The van der Waals surface area contributed by atoms with Crippen LogP contribution in [0.15, 0.2) is 12.1 Å². The van der Waals surface area contributed by atoms with E-state index in [1.54, 1.807) is 0 Å². The van der Waals surface area contributed by atoms with Crippen LogP contribution in [0.3, 0.4) is 0 Å². The normalized spacial score (nSPS) is 25.4. The van der Waals surface area contributed by atoms with E-state index in [0.717, 1.165) is 12.3 Å². The molecule has 2 N–H and O–H groups in total. The lowest BCUT2D eigenvalue weighted by atomic mass is 9.80. The van der Waals surface area contributed by atoms with Crippen molar-refractivity contribution in [2.75, 3.05) is 17.2 Å². The van der Waals surface area contributed by atoms with Gasteiger partial charge < -0.3 is 10.6 Å². The van der Waals surface area contributed by atoms with Gasteiger partial charge in [0.1, 0.15) is 11.6 Å². The molecule has 1 heterocycles. The fourth-order valence-corrected chi connectivity index (χ4v) is 3.04. The van der Waals surface area contributed by atoms with E-state index in [1.165, 1.54) is 25.0 Å². The van der Waals surface area contributed by atoms with Crippen molar-refractivity contribution in [3.8, 4) is 0 Å². The van der Waals surface area contributed by atoms with E-state index in [-0.39, 0.29) is 10.6 Å². The van der Waals surface area contributed by atoms with Gasteiger partial charge in [0.05, 0.1) is 17.1 Å². The van der Waals surface area contributed by atoms with Gasteiger partial charge in [-0.05, 0) is 38.0 Å². The molecule has 1 aromatic rings. The highest BCUT2D eigenvalue weighted by atomic mass is 16.6. The van der Waals surface area contributed by atoms with Crippen LogP contribution in [0, 0.1) is 22.0 Å². The third-order valence-electron chi connectivity index (χ3n) is 4.14. The molecule has 21 heavy (non-hydrogen) atoms. The zero-order chi connectivity index (χ0) is 15.4. The highest BCUT2D eigenvalue weighted by molar-refractivity contribution is 5.55. The molecule has 0 bridgehead atoms. The number of nitrogens with zero attached hydrogens (tertiary/aromatic N) is 2. The maximum atomic E-state index is 11.0. The van der Waals surface area contributed by atoms with Gasteiger partial charge in [0, 0.05) is 12.6 Å². The minimum Gasteiger partial charge on any atom is -0.370 e. The Morgan fingerprint density at radius 2 is 2.05 bits per heavy atom. The molecular weight excluding hydrogens is 268 g/mol. The standard InChI is InChI=1S/C15H24N4O2/c1-4-16-14-8-12(19(20)21)9-15(18-14)17-13-6-5-10(2)7-11(13)3/h8-11,13H,4-7H2,1-3H3,(H2,16,17,18). The van der Waals surface area contributed by atoms with Crippen molar-refractivity contribution in [1.82, 2.24) is 4.98 Å². The van der Waals surface area contributed by atoms with E-state index < -0.39 is 0 Å². The Balaban J connectivity index is 2.16. The lowest BCUT2D eigenvalue weighted by Gasteiger charge is -2.33. The zero-order valence-corrected chi connectivity index (χ0v) is 12.9. The van der Waals surface area contributed by atoms with Crippen LogP contribution in [-0.4, -0.2) is 22.5 Å². The smallest absolute Gasteiger partial charge is 0.276 e. The third-order valence-corrected chi connectivity index (χ3v) is 4.14. The summed E-state index contributed by atoms with van der Waals surface area (Å²) < 4.78 is 0. The third kappa shape index (κ3) is 4.06. The van der Waals surface area contributed by atoms with Crippen molar-refractivity contribution < 1.29 is 4.92 Å². The molecule has 1 aromatic heterocycles. The Bertz CT molecular complexity index is 506. The predicted octanol–water partition coefficient (Wildman–Crippen LogP) is 3.66. The molecule has 3 atom stereocenters. The van der Waals surface area contributed by atoms with Crippen LogP contribution >= 0.6 is 0 Å². The van der Waals surface area contributed by atoms with Crippen LogP contribution in [0.2, 0.25) is 0 Å². The molecule has 2 rings (SSSR count). The van der Waals surface area contributed by atoms with Crippen LogP contribution < -0.4 is 10.6 Å². The van der Waals surface area contributed by atoms with Gasteiger partial charge in [-0.25, -0.2) is 4.98 Å². The Kier molecular flexibility index (Phi) is 4.98. The summed E-state index contributed by atoms with van der Waals surface area (Å²) in [4.78, 5) is 15.1. The maximum absolute atomic E-state index is 11.0. The van der Waals surface area contributed by atoms with E-state index in [9.17, 15) is 10.1 Å². The summed E-state index contributed by atoms with van der Waals surface area (Å²) in [7, 11) is 0. The number of hydrogen-bond donors (Lipinski definition) is 2. The fourth-order valence-electron chi connectivity index (χ4n) is 3.04. The van der Waals surface area contributed by atoms with Gasteiger partial charge in [-0.1, -0.05) is 13.8 Å². The molecule has 1 aliphatic rings. The highest BCUT2D eigenvalue weighted by Crippen LogP contribution is 2.31. The van der Waals surface area contributed by atoms with Gasteiger partial charge in [0.25, 0.3) is 5.69 Å². The first-order valence-corrected chi connectivity index (χ1v) is 7.66. The second-order valence-electron chi connectivity index (χ2n) is 6.03. The second-order valence-corrected chi connectivity index (χ2v) is 6.03. The van der Waals surface area contributed by atoms with Gasteiger partial charge in [0.2, 0.25) is 0 Å². The molecule has 0 amide bonds. The van der Waals surface area contributed by atoms with Crippen molar-refractivity contribution >= 4 is 17.3 Å². The van der Waals surface area contributed by atoms with Crippen molar-refractivity contribution in [3.63, 3.8) is 0 Å². The summed E-state index contributed by atoms with van der Waals surface area (Å²) in [6.07, 6.45) is 3.47. The Morgan fingerprint density at radius 1 is 1.33 bits per heavy atom. The number of pyridine rings is 1. The average molecular weight is 292 g/mol. The van der Waals surface area contributed by atoms with E-state index >= 15 is 0 Å². The van der Waals surface area contributed by atoms with E-state index in [2.05, 4.69) is 29.5 Å². The molecule has 3 unspecified atom stereocenters. The summed E-state index contributed by atoms with van der Waals surface area (Å²) in [5.41, 5.74) is 0.0697. The molecule has 0 radical (unpaired) electrons. The highest BCUT2D eigenvalue weighted by Gasteiger charge is 2.26. The van der Waals surface area contributed by atoms with Crippen LogP contribution in [0.1, 0.15) is 40.0 Å². The minimum atomic E-state index is -0.375. The Morgan fingerprint density at radius 3 is 2.67 bits per heavy atom. The number of nitro groups is 1. The SMILES string of the molecule is CCNc1cc([N+](=O)[O-])cc(NC2CCC(C)CC2C)n1. The maximum Gasteiger partial charge on any atom is 0.276 e. The lowest BCUT2D eigenvalue weighted by molar-refractivity contribution is -0.384. The van der Waals surface area contributed by atoms with Crippen LogP contribution in [0.25, 0.3) is 0 Å². The zero-order valence-electron chi connectivity index (χ0n) is 12.9. The van der Waals surface area contributed by atoms with Crippen molar-refractivity contribution in [1.29, 1.82) is 0 Å². The number of anilines is 2. The summed E-state index contributed by atoms with van der Waals surface area (Å²) in [5, 5.41) is 17.5. The summed E-state index contributed by atoms with van der Waals surface area (Å²) >= 11 is 0. The summed E-state index contributed by atoms with van der Waals surface area (Å²) in [5.74, 6) is 2.45. The van der Waals surface area contributed by atoms with Crippen LogP contribution in [0.5, 0.6) is 0 Å². The predicted molar refractivity (Wildman–Crippen MR) is 84.6 cm³/mol. The first-order valence-electron chi connectivity index (χ1n) is 7.66. The molecule has 6 heteroatoms. The average Bonchev–Trinajstić information content (AvgIpc) is 2.42. The molecule has 0 spiro atoms. The monoisotopic (exact) mass is 292 g/mol. The van der Waals surface area contributed by atoms with Crippen molar-refractivity contribution in [3.05, 3.63) is 22.2 Å². The topological polar surface area (TPSA) is 80.1 Å². The number of hydrogen-bond acceptors (Lipinski definition) is 5. The van der Waals surface area contributed by atoms with Crippen molar-refractivity contribution in [2.24, 2.45) is 11.8 Å². The molecular formula is C15H24N4O2. The Labute approximate surface area is 125 Å². The number of aromatic nitrogens is 1. The molecule has 1 fully saturated rings. The molecule has 0 aromatic carbocycles. The van der Waals surface area contributed by atoms with Crippen LogP contribution in [-0.2, 0) is 0 Å². The summed E-state index contributed by atoms with van der Waals surface area (Å²) in [6, 6.07) is 3.33. The molecule has 1 saturated carbocycles. The quantitative estimate of drug-likeness (QED) is 0.639.